The van der Waals surface area contributed by atoms with E-state index in [4.69, 9.17) is 23.2 Å². The summed E-state index contributed by atoms with van der Waals surface area (Å²) in [4.78, 5) is 39.6. The van der Waals surface area contributed by atoms with Crippen LogP contribution < -0.4 is 16.2 Å². The summed E-state index contributed by atoms with van der Waals surface area (Å²) in [6.07, 6.45) is 2.15. The molecule has 2 aromatic rings. The number of carbonyl (C=O) groups is 3. The van der Waals surface area contributed by atoms with E-state index in [0.29, 0.717) is 28.0 Å². The van der Waals surface area contributed by atoms with Gasteiger partial charge in [-0.15, -0.1) is 5.10 Å². The van der Waals surface area contributed by atoms with E-state index in [2.05, 4.69) is 20.8 Å². The molecule has 1 aromatic carbocycles. The highest BCUT2D eigenvalue weighted by atomic mass is 35.5. The average molecular weight is 411 g/mol. The molecule has 3 N–H and O–H groups in total. The van der Waals surface area contributed by atoms with Gasteiger partial charge in [0.25, 0.3) is 0 Å². The Morgan fingerprint density at radius 2 is 1.81 bits per heavy atom. The van der Waals surface area contributed by atoms with Crippen LogP contribution in [0.4, 0.5) is 0 Å². The van der Waals surface area contributed by atoms with Crippen LogP contribution in [0.1, 0.15) is 36.2 Å². The zero-order chi connectivity index (χ0) is 19.6. The van der Waals surface area contributed by atoms with E-state index in [0.717, 1.165) is 12.8 Å². The lowest BCUT2D eigenvalue weighted by Crippen LogP contribution is -2.49. The van der Waals surface area contributed by atoms with Crippen LogP contribution in [0.15, 0.2) is 18.2 Å². The third kappa shape index (κ3) is 4.37. The van der Waals surface area contributed by atoms with Gasteiger partial charge in [-0.3, -0.25) is 25.2 Å². The first-order valence-electron chi connectivity index (χ1n) is 8.22. The highest BCUT2D eigenvalue weighted by Crippen LogP contribution is 2.28. The molecular formula is C16H16Cl2N6O3. The molecule has 1 aliphatic rings. The summed E-state index contributed by atoms with van der Waals surface area (Å²) in [6.45, 7) is 1.83. The van der Waals surface area contributed by atoms with Crippen molar-refractivity contribution in [2.45, 2.75) is 32.2 Å². The number of hydrogen-bond donors (Lipinski definition) is 3. The zero-order valence-corrected chi connectivity index (χ0v) is 15.8. The maximum atomic E-state index is 12.2. The molecule has 0 spiro atoms. The largest absolute Gasteiger partial charge is 0.345 e. The number of aryl methyl sites for hydroxylation is 1. The Labute approximate surface area is 164 Å². The van der Waals surface area contributed by atoms with Crippen molar-refractivity contribution in [3.8, 4) is 5.69 Å². The third-order valence-corrected chi connectivity index (χ3v) is 4.36. The van der Waals surface area contributed by atoms with Gasteiger partial charge in [0, 0.05) is 12.5 Å². The standard InChI is InChI=1S/C16H16Cl2N6O3/c1-2-11-20-13(23-24(11)12-9(17)4-3-5-10(12)18)14(25)21-22-16(27)15(26)19-8-6-7-8/h3-5,8H,2,6-7H2,1H3,(H,19,26)(H,21,25)(H,22,27). The zero-order valence-electron chi connectivity index (χ0n) is 14.3. The lowest BCUT2D eigenvalue weighted by atomic mass is 10.3. The maximum Gasteiger partial charge on any atom is 0.327 e. The highest BCUT2D eigenvalue weighted by molar-refractivity contribution is 6.37. The van der Waals surface area contributed by atoms with Crippen LogP contribution in [0.5, 0.6) is 0 Å². The Morgan fingerprint density at radius 3 is 2.41 bits per heavy atom. The third-order valence-electron chi connectivity index (χ3n) is 3.75. The van der Waals surface area contributed by atoms with Gasteiger partial charge in [-0.25, -0.2) is 9.67 Å². The number of benzene rings is 1. The van der Waals surface area contributed by atoms with Crippen LogP contribution in [0.25, 0.3) is 5.69 Å². The van der Waals surface area contributed by atoms with E-state index in [1.165, 1.54) is 4.68 Å². The Morgan fingerprint density at radius 1 is 1.15 bits per heavy atom. The second-order valence-electron chi connectivity index (χ2n) is 5.84. The summed E-state index contributed by atoms with van der Waals surface area (Å²) in [7, 11) is 0. The number of carbonyl (C=O) groups excluding carboxylic acids is 3. The molecule has 3 amide bonds. The lowest BCUT2D eigenvalue weighted by Gasteiger charge is -2.08. The van der Waals surface area contributed by atoms with Crippen molar-refractivity contribution in [2.24, 2.45) is 0 Å². The average Bonchev–Trinajstić information content (AvgIpc) is 3.35. The molecule has 1 heterocycles. The molecule has 1 aromatic heterocycles. The van der Waals surface area contributed by atoms with Gasteiger partial charge in [-0.05, 0) is 25.0 Å². The molecule has 11 heteroatoms. The molecule has 0 aliphatic heterocycles. The van der Waals surface area contributed by atoms with Gasteiger partial charge in [0.2, 0.25) is 5.82 Å². The normalized spacial score (nSPS) is 13.1. The monoisotopic (exact) mass is 410 g/mol. The Bertz CT molecular complexity index is 889. The first kappa shape index (κ1) is 19.1. The number of hydrazine groups is 1. The number of nitrogens with zero attached hydrogens (tertiary/aromatic N) is 3. The van der Waals surface area contributed by atoms with Crippen LogP contribution in [0.3, 0.4) is 0 Å². The SMILES string of the molecule is CCc1nc(C(=O)NNC(=O)C(=O)NC2CC2)nn1-c1c(Cl)cccc1Cl. The number of nitrogens with one attached hydrogen (secondary N) is 3. The van der Waals surface area contributed by atoms with Gasteiger partial charge in [0.15, 0.2) is 0 Å². The van der Waals surface area contributed by atoms with Crippen molar-refractivity contribution in [1.29, 1.82) is 0 Å². The predicted molar refractivity (Wildman–Crippen MR) is 97.5 cm³/mol. The van der Waals surface area contributed by atoms with Crippen LogP contribution in [0, 0.1) is 0 Å². The fourth-order valence-corrected chi connectivity index (χ4v) is 2.80. The topological polar surface area (TPSA) is 118 Å². The molecule has 142 valence electrons. The first-order chi connectivity index (χ1) is 12.9. The van der Waals surface area contributed by atoms with Crippen LogP contribution in [0.2, 0.25) is 10.0 Å². The fourth-order valence-electron chi connectivity index (χ4n) is 2.24. The molecule has 1 fully saturated rings. The summed E-state index contributed by atoms with van der Waals surface area (Å²) < 4.78 is 1.38. The predicted octanol–water partition coefficient (Wildman–Crippen LogP) is 1.18. The van der Waals surface area contributed by atoms with Crippen LogP contribution in [-0.2, 0) is 16.0 Å². The van der Waals surface area contributed by atoms with Crippen molar-refractivity contribution < 1.29 is 14.4 Å². The molecule has 1 saturated carbocycles. The quantitative estimate of drug-likeness (QED) is 0.516. The van der Waals surface area contributed by atoms with Crippen molar-refractivity contribution in [1.82, 2.24) is 30.9 Å². The summed E-state index contributed by atoms with van der Waals surface area (Å²) in [5.74, 6) is -2.31. The van der Waals surface area contributed by atoms with Crippen molar-refractivity contribution in [2.75, 3.05) is 0 Å². The minimum Gasteiger partial charge on any atom is -0.345 e. The summed E-state index contributed by atoms with van der Waals surface area (Å²) in [5.41, 5.74) is 4.55. The van der Waals surface area contributed by atoms with E-state index >= 15 is 0 Å². The molecule has 0 radical (unpaired) electrons. The number of amides is 3. The number of rotatable bonds is 4. The Kier molecular flexibility index (Phi) is 5.62. The Hall–Kier alpha value is -2.65. The number of aromatic nitrogens is 3. The summed E-state index contributed by atoms with van der Waals surface area (Å²) in [6, 6.07) is 5.00. The first-order valence-corrected chi connectivity index (χ1v) is 8.97. The maximum absolute atomic E-state index is 12.2. The van der Waals surface area contributed by atoms with Crippen LogP contribution in [-0.4, -0.2) is 38.5 Å². The minimum absolute atomic E-state index is 0.0313. The van der Waals surface area contributed by atoms with Crippen molar-refractivity contribution in [3.63, 3.8) is 0 Å². The van der Waals surface area contributed by atoms with Gasteiger partial charge in [0.05, 0.1) is 10.0 Å². The van der Waals surface area contributed by atoms with Gasteiger partial charge in [0.1, 0.15) is 11.5 Å². The van der Waals surface area contributed by atoms with Gasteiger partial charge in [-0.2, -0.15) is 0 Å². The van der Waals surface area contributed by atoms with Crippen molar-refractivity contribution >= 4 is 40.9 Å². The van der Waals surface area contributed by atoms with Gasteiger partial charge >= 0.3 is 17.7 Å². The van der Waals surface area contributed by atoms with E-state index in [1.807, 2.05) is 12.3 Å². The van der Waals surface area contributed by atoms with E-state index in [1.54, 1.807) is 18.2 Å². The molecular weight excluding hydrogens is 395 g/mol. The van der Waals surface area contributed by atoms with E-state index in [9.17, 15) is 14.4 Å². The number of halogens is 2. The van der Waals surface area contributed by atoms with E-state index in [-0.39, 0.29) is 11.9 Å². The lowest BCUT2D eigenvalue weighted by molar-refractivity contribution is -0.139. The molecule has 0 bridgehead atoms. The van der Waals surface area contributed by atoms with Gasteiger partial charge in [-0.1, -0.05) is 36.2 Å². The minimum atomic E-state index is -0.973. The smallest absolute Gasteiger partial charge is 0.327 e. The van der Waals surface area contributed by atoms with Crippen LogP contribution >= 0.6 is 23.2 Å². The number of para-hydroxylation sites is 1. The second kappa shape index (κ2) is 7.93. The van der Waals surface area contributed by atoms with Crippen molar-refractivity contribution in [3.05, 3.63) is 39.9 Å². The molecule has 0 unspecified atom stereocenters. The van der Waals surface area contributed by atoms with Gasteiger partial charge < -0.3 is 5.32 Å². The summed E-state index contributed by atoms with van der Waals surface area (Å²) >= 11 is 12.4. The molecule has 1 aliphatic carbocycles. The highest BCUT2D eigenvalue weighted by Gasteiger charge is 2.27. The molecule has 0 saturated heterocycles. The molecule has 9 nitrogen and oxygen atoms in total. The second-order valence-corrected chi connectivity index (χ2v) is 6.66. The molecule has 0 atom stereocenters. The number of hydrogen-bond acceptors (Lipinski definition) is 5. The molecule has 3 rings (SSSR count). The fraction of sp³-hybridized carbons (Fsp3) is 0.312. The molecule has 27 heavy (non-hydrogen) atoms. The van der Waals surface area contributed by atoms with E-state index < -0.39 is 17.7 Å². The summed E-state index contributed by atoms with van der Waals surface area (Å²) in [5, 5.41) is 7.33. The Balaban J connectivity index is 1.73.